The number of benzene rings is 1. The van der Waals surface area contributed by atoms with Crippen LogP contribution in [0, 0.1) is 34.0 Å². The Balaban J connectivity index is -0.000000205. The molecule has 0 spiro atoms. The van der Waals surface area contributed by atoms with Crippen molar-refractivity contribution in [2.45, 2.75) is 215 Å². The Morgan fingerprint density at radius 3 is 1.24 bits per heavy atom. The smallest absolute Gasteiger partial charge is 0.338 e. The minimum atomic E-state index is -1.52. The monoisotopic (exact) mass is 1450 g/mol. The van der Waals surface area contributed by atoms with Crippen LogP contribution in [-0.2, 0) is 95.2 Å². The van der Waals surface area contributed by atoms with Gasteiger partial charge in [-0.25, -0.2) is 24.0 Å². The Kier molecular flexibility index (Phi) is 63.2. The number of carbonyl (C=O) groups is 12. The molecule has 0 aliphatic rings. The number of aliphatic carboxylic acids is 1. The van der Waals surface area contributed by atoms with Crippen LogP contribution in [0.5, 0.6) is 0 Å². The van der Waals surface area contributed by atoms with Gasteiger partial charge in [0, 0.05) is 39.1 Å². The number of ether oxygens (including phenoxy) is 12. The predicted octanol–water partition coefficient (Wildman–Crippen LogP) is 12.8. The summed E-state index contributed by atoms with van der Waals surface area (Å²) in [5.74, 6) is -6.35. The van der Waals surface area contributed by atoms with Gasteiger partial charge in [0.1, 0.15) is 24.9 Å². The van der Waals surface area contributed by atoms with Gasteiger partial charge >= 0.3 is 71.6 Å². The van der Waals surface area contributed by atoms with E-state index in [9.17, 15) is 57.5 Å². The molecule has 27 nitrogen and oxygen atoms in total. The van der Waals surface area contributed by atoms with Gasteiger partial charge in [-0.15, -0.1) is 0 Å². The molecule has 0 fully saturated rings. The summed E-state index contributed by atoms with van der Waals surface area (Å²) in [5.41, 5.74) is -3.47. The first-order chi connectivity index (χ1) is 46.1. The van der Waals surface area contributed by atoms with Crippen LogP contribution >= 0.6 is 11.8 Å². The second-order valence-electron chi connectivity index (χ2n) is 25.1. The first-order valence-corrected chi connectivity index (χ1v) is 34.4. The third-order valence-corrected chi connectivity index (χ3v) is 14.9. The highest BCUT2D eigenvalue weighted by molar-refractivity contribution is 7.98. The maximum atomic E-state index is 11.8. The molecule has 0 saturated carbocycles. The van der Waals surface area contributed by atoms with Crippen molar-refractivity contribution in [1.29, 1.82) is 0 Å². The molecule has 0 bridgehead atoms. The van der Waals surface area contributed by atoms with Crippen molar-refractivity contribution in [1.82, 2.24) is 0 Å². The van der Waals surface area contributed by atoms with E-state index in [2.05, 4.69) is 27.0 Å². The molecule has 100 heavy (non-hydrogen) atoms. The van der Waals surface area contributed by atoms with Crippen LogP contribution < -0.4 is 0 Å². The maximum absolute atomic E-state index is 11.8. The predicted molar refractivity (Wildman–Crippen MR) is 381 cm³/mol. The summed E-state index contributed by atoms with van der Waals surface area (Å²) in [6.45, 7) is 44.4. The van der Waals surface area contributed by atoms with Gasteiger partial charge < -0.3 is 72.2 Å². The fourth-order valence-electron chi connectivity index (χ4n) is 5.55. The van der Waals surface area contributed by atoms with Crippen molar-refractivity contribution in [2.75, 3.05) is 94.3 Å². The van der Waals surface area contributed by atoms with Crippen LogP contribution in [0.3, 0.4) is 0 Å². The molecule has 5 atom stereocenters. The molecule has 0 aromatic heterocycles. The fraction of sp³-hybridized carbons (Fsp3) is 0.722. The van der Waals surface area contributed by atoms with Gasteiger partial charge in [-0.05, 0) is 146 Å². The van der Waals surface area contributed by atoms with E-state index in [0.29, 0.717) is 57.3 Å². The average Bonchev–Trinajstić information content (AvgIpc) is 0.794. The zero-order valence-corrected chi connectivity index (χ0v) is 66.2. The third-order valence-electron chi connectivity index (χ3n) is 14.1. The minimum Gasteiger partial charge on any atom is -0.481 e. The number of hydrogen-bond acceptors (Lipinski definition) is 25. The molecular weight excluding hydrogens is 1330 g/mol. The Bertz CT molecular complexity index is 2510. The quantitative estimate of drug-likeness (QED) is 0.0255. The molecule has 1 rings (SSSR count). The number of carbonyl (C=O) groups excluding carboxylic acids is 9. The lowest BCUT2D eigenvalue weighted by atomic mass is 9.91. The molecule has 582 valence electrons. The number of hydrogen-bond donors (Lipinski definition) is 3. The van der Waals surface area contributed by atoms with E-state index in [1.807, 2.05) is 104 Å². The number of aromatic carboxylic acids is 2. The van der Waals surface area contributed by atoms with E-state index < -0.39 is 81.0 Å². The summed E-state index contributed by atoms with van der Waals surface area (Å²) in [4.78, 5) is 134. The van der Waals surface area contributed by atoms with Crippen LogP contribution in [-0.4, -0.2) is 199 Å². The normalized spacial score (nSPS) is 12.0. The van der Waals surface area contributed by atoms with E-state index >= 15 is 0 Å². The Hall–Kier alpha value is -7.17. The topological polar surface area (TPSA) is 376 Å². The molecule has 0 aliphatic carbocycles. The Morgan fingerprint density at radius 1 is 0.510 bits per heavy atom. The van der Waals surface area contributed by atoms with Crippen molar-refractivity contribution < 1.29 is 130 Å². The van der Waals surface area contributed by atoms with Crippen molar-refractivity contribution >= 4 is 83.4 Å². The van der Waals surface area contributed by atoms with Crippen molar-refractivity contribution in [3.8, 4) is 0 Å². The summed E-state index contributed by atoms with van der Waals surface area (Å²) in [6, 6.07) is 1.54. The van der Waals surface area contributed by atoms with Gasteiger partial charge in [-0.3, -0.25) is 33.6 Å². The molecule has 5 unspecified atom stereocenters. The largest absolute Gasteiger partial charge is 0.481 e. The first kappa shape index (κ1) is 106. The lowest BCUT2D eigenvalue weighted by molar-refractivity contribution is -0.164. The van der Waals surface area contributed by atoms with Gasteiger partial charge in [0.25, 0.3) is 0 Å². The summed E-state index contributed by atoms with van der Waals surface area (Å²) < 4.78 is 58.0. The van der Waals surface area contributed by atoms with Gasteiger partial charge in [-0.1, -0.05) is 68.9 Å². The maximum Gasteiger partial charge on any atom is 0.338 e. The molecule has 0 saturated heterocycles. The molecule has 1 aromatic rings. The van der Waals surface area contributed by atoms with E-state index in [1.165, 1.54) is 7.11 Å². The van der Waals surface area contributed by atoms with E-state index in [-0.39, 0.29) is 84.4 Å². The second kappa shape index (κ2) is 59.5. The number of rotatable bonds is 33. The standard InChI is InChI=1S/C17H28O6.C12H10O8.C9H18O2.C8H16O3.2C7H14O2.C6H14O2S.C6H12O2/c1-7-17(5,6)16(20)22-11-13(4)23-14(18)9-8-10-21-15(19)12(2)3;1-19-11(17)7-4-8(12(18)20-2)6(10(15)16)3-5(7)9(13)14;1-6-7(2)8(10)11-9(3,4)5;1-4-7(2)8(9)11-6-5-10-3;1-5-7(2,3)6(8)9-4;1-4-6(3)7(8)9-5-2;1-7-4-6(8-2)5-9-3;1-4-6(2,3)5(7)8/h13H,2,7-11H2,1,3-6H3;3-4H,1-2H3,(H,13,14)(H,15,16);7H,6H2,1-5H3;7H,4-6H2,1-3H3;5H2,1-4H3;2*6H,4-5H2,1-3H3;4H2,1-3H3,(H,7,8). The number of esters is 9. The van der Waals surface area contributed by atoms with Gasteiger partial charge in [0.15, 0.2) is 0 Å². The van der Waals surface area contributed by atoms with Crippen molar-refractivity contribution in [3.05, 3.63) is 46.5 Å². The van der Waals surface area contributed by atoms with E-state index in [4.69, 9.17) is 58.0 Å². The summed E-state index contributed by atoms with van der Waals surface area (Å²) in [7, 11) is 8.44. The summed E-state index contributed by atoms with van der Waals surface area (Å²) in [6.07, 6.45) is 6.99. The highest BCUT2D eigenvalue weighted by Gasteiger charge is 2.30. The van der Waals surface area contributed by atoms with E-state index in [0.717, 1.165) is 51.7 Å². The Morgan fingerprint density at radius 2 is 0.930 bits per heavy atom. The second-order valence-corrected chi connectivity index (χ2v) is 26.0. The van der Waals surface area contributed by atoms with Crippen LogP contribution in [0.25, 0.3) is 0 Å². The molecular formula is C72H126O27S. The van der Waals surface area contributed by atoms with Gasteiger partial charge in [-0.2, -0.15) is 11.8 Å². The average molecular weight is 1460 g/mol. The van der Waals surface area contributed by atoms with Crippen LogP contribution in [0.2, 0.25) is 0 Å². The molecule has 28 heteroatoms. The summed E-state index contributed by atoms with van der Waals surface area (Å²) >= 11 is 1.77. The number of methoxy groups -OCH3 is 6. The minimum absolute atomic E-state index is 0.00635. The molecule has 1 aromatic carbocycles. The number of carboxylic acids is 3. The van der Waals surface area contributed by atoms with Gasteiger partial charge in [0.05, 0.1) is 110 Å². The number of carboxylic acid groups (broad SMARTS) is 3. The molecule has 0 amide bonds. The lowest BCUT2D eigenvalue weighted by Gasteiger charge is -2.22. The van der Waals surface area contributed by atoms with Crippen molar-refractivity contribution in [2.24, 2.45) is 34.0 Å². The van der Waals surface area contributed by atoms with Crippen LogP contribution in [0.15, 0.2) is 24.3 Å². The highest BCUT2D eigenvalue weighted by atomic mass is 32.2. The summed E-state index contributed by atoms with van der Waals surface area (Å²) in [5, 5.41) is 26.4. The van der Waals surface area contributed by atoms with Crippen LogP contribution in [0.4, 0.5) is 0 Å². The third kappa shape index (κ3) is 53.7. The molecule has 0 heterocycles. The Labute approximate surface area is 600 Å². The van der Waals surface area contributed by atoms with E-state index in [1.54, 1.807) is 74.6 Å². The van der Waals surface area contributed by atoms with Crippen LogP contribution in [0.1, 0.15) is 238 Å². The zero-order chi connectivity index (χ0) is 79.9. The lowest BCUT2D eigenvalue weighted by Crippen LogP contribution is -2.30. The highest BCUT2D eigenvalue weighted by Crippen LogP contribution is 2.24. The SMILES string of the molecule is C=C(C)C(=O)OCCCC(=O)OC(C)COC(=O)C(C)(C)CC.CCC(C)(C)C(=O)O.CCC(C)(C)C(=O)OC.CCC(C)C(=O)OC(C)(C)C.CCC(C)C(=O)OCCOC.CCOC(=O)C(C)CC.COC(=O)c1cc(C(=O)OC)c(C(=O)O)cc1C(=O)O.COCC(CSC)OC. The van der Waals surface area contributed by atoms with Crippen molar-refractivity contribution in [3.63, 3.8) is 0 Å². The fourth-order valence-corrected chi connectivity index (χ4v) is 6.15. The first-order valence-electron chi connectivity index (χ1n) is 33.0. The molecule has 0 radical (unpaired) electrons. The molecule has 3 N–H and O–H groups in total. The number of thioether (sulfide) groups is 1. The molecule has 0 aliphatic heterocycles. The zero-order valence-electron chi connectivity index (χ0n) is 65.4. The van der Waals surface area contributed by atoms with Gasteiger partial charge in [0.2, 0.25) is 0 Å².